The van der Waals surface area contributed by atoms with Gasteiger partial charge in [-0.05, 0) is 5.92 Å². The Hall–Kier alpha value is 0.540. The van der Waals surface area contributed by atoms with Crippen LogP contribution in [-0.4, -0.2) is 6.04 Å². The molecule has 0 radical (unpaired) electrons. The zero-order valence-electron chi connectivity index (χ0n) is 19.2. The van der Waals surface area contributed by atoms with Gasteiger partial charge in [0.15, 0.2) is 0 Å². The van der Waals surface area contributed by atoms with Gasteiger partial charge in [0, 0.05) is 0 Å². The fraction of sp³-hybridized carbons (Fsp3) is 0.875. The van der Waals surface area contributed by atoms with Crippen LogP contribution in [0.5, 0.6) is 0 Å². The molecule has 5 unspecified atom stereocenters. The summed E-state index contributed by atoms with van der Waals surface area (Å²) in [6, 6.07) is 0.582. The summed E-state index contributed by atoms with van der Waals surface area (Å²) >= 11 is 1.55. The van der Waals surface area contributed by atoms with Crippen LogP contribution in [0.2, 0.25) is 0 Å². The molecule has 2 rings (SSSR count). The molecule has 157 valence electrons. The van der Waals surface area contributed by atoms with Crippen LogP contribution in [0.3, 0.4) is 0 Å². The SMILES string of the molecule is CC1[CH-]C(C)C(C)C(C)C1C.CCC(C)[N]=[Nb].[CH-]1CCCCC1.[CH2-]CC. The Morgan fingerprint density at radius 1 is 0.923 bits per heavy atom. The van der Waals surface area contributed by atoms with Crippen molar-refractivity contribution in [2.24, 2.45) is 32.9 Å². The van der Waals surface area contributed by atoms with E-state index in [1.807, 2.05) is 6.92 Å². The monoisotopic (exact) mass is 443 g/mol. The maximum Gasteiger partial charge on any atom is -0.0582 e. The molecule has 0 saturated heterocycles. The molecule has 2 aliphatic carbocycles. The van der Waals surface area contributed by atoms with Crippen LogP contribution in [0.1, 0.15) is 100 Å². The molecule has 2 heteroatoms. The quantitative estimate of drug-likeness (QED) is 0.301. The molecule has 0 aromatic heterocycles. The molecular weight excluding hydrogens is 395 g/mol. The van der Waals surface area contributed by atoms with E-state index in [2.05, 4.69) is 71.6 Å². The first-order chi connectivity index (χ1) is 12.3. The van der Waals surface area contributed by atoms with Crippen molar-refractivity contribution in [3.63, 3.8) is 0 Å². The first-order valence-corrected chi connectivity index (χ1v) is 12.0. The molecule has 0 amide bonds. The van der Waals surface area contributed by atoms with Crippen LogP contribution in [0.25, 0.3) is 0 Å². The van der Waals surface area contributed by atoms with Gasteiger partial charge < -0.3 is 19.8 Å². The van der Waals surface area contributed by atoms with E-state index in [1.165, 1.54) is 38.5 Å². The Morgan fingerprint density at radius 3 is 1.54 bits per heavy atom. The third-order valence-corrected chi connectivity index (χ3v) is 7.00. The van der Waals surface area contributed by atoms with Crippen LogP contribution in [-0.2, 0) is 20.9 Å². The third kappa shape index (κ3) is 14.6. The molecule has 0 aliphatic heterocycles. The van der Waals surface area contributed by atoms with Crippen LogP contribution in [0.4, 0.5) is 0 Å². The van der Waals surface area contributed by atoms with E-state index in [0.29, 0.717) is 6.04 Å². The second kappa shape index (κ2) is 18.9. The van der Waals surface area contributed by atoms with Gasteiger partial charge in [0.1, 0.15) is 0 Å². The molecule has 2 fully saturated rings. The van der Waals surface area contributed by atoms with Crippen molar-refractivity contribution >= 4 is 0 Å². The predicted molar refractivity (Wildman–Crippen MR) is 115 cm³/mol. The molecule has 2 saturated carbocycles. The average Bonchev–Trinajstić information content (AvgIpc) is 2.67. The fourth-order valence-electron chi connectivity index (χ4n) is 3.25. The summed E-state index contributed by atoms with van der Waals surface area (Å²) in [4.78, 5) is 0. The molecule has 0 heterocycles. The minimum atomic E-state index is 0.582. The molecule has 0 bridgehead atoms. The number of hydrogen-bond donors (Lipinski definition) is 0. The largest absolute Gasteiger partial charge is 0.344 e. The summed E-state index contributed by atoms with van der Waals surface area (Å²) in [6.07, 6.45) is 14.2. The van der Waals surface area contributed by atoms with Crippen molar-refractivity contribution in [3.8, 4) is 0 Å². The van der Waals surface area contributed by atoms with Crippen molar-refractivity contribution in [3.05, 3.63) is 19.8 Å². The Kier molecular flexibility index (Phi) is 20.9. The first kappa shape index (κ1) is 28.7. The predicted octanol–water partition coefficient (Wildman–Crippen LogP) is 8.29. The van der Waals surface area contributed by atoms with Crippen LogP contribution in [0, 0.1) is 49.4 Å². The molecule has 0 aromatic rings. The van der Waals surface area contributed by atoms with E-state index in [-0.39, 0.29) is 0 Å². The maximum atomic E-state index is 4.06. The van der Waals surface area contributed by atoms with Crippen LogP contribution in [0.15, 0.2) is 3.34 Å². The van der Waals surface area contributed by atoms with E-state index in [0.717, 1.165) is 36.0 Å². The van der Waals surface area contributed by atoms with E-state index in [1.54, 1.807) is 20.9 Å². The molecule has 5 atom stereocenters. The standard InChI is InChI=1S/C11H21.C6H11.C4H9N.C3H7.Nb/c1-7-6-8(2)10(4)11(5)9(7)3;1-2-4-6-5-3-1;1-3-4(2)5;1-3-2;/h6-11H,1-5H3;1H,2-6H2;4H,3H2,1-2H3;1,3H2,2H3;/q2*-1;;-1;. The number of hydrogen-bond acceptors (Lipinski definition) is 1. The van der Waals surface area contributed by atoms with E-state index in [9.17, 15) is 0 Å². The summed E-state index contributed by atoms with van der Waals surface area (Å²) in [5.41, 5.74) is 0. The molecule has 0 spiro atoms. The maximum absolute atomic E-state index is 4.06. The van der Waals surface area contributed by atoms with Crippen molar-refractivity contribution in [1.82, 2.24) is 0 Å². The Balaban J connectivity index is 0. The van der Waals surface area contributed by atoms with Crippen molar-refractivity contribution in [2.45, 2.75) is 106 Å². The summed E-state index contributed by atoms with van der Waals surface area (Å²) in [7, 11) is 0. The van der Waals surface area contributed by atoms with E-state index >= 15 is 0 Å². The zero-order valence-corrected chi connectivity index (χ0v) is 21.4. The topological polar surface area (TPSA) is 12.4 Å². The van der Waals surface area contributed by atoms with E-state index < -0.39 is 0 Å². The molecule has 1 nitrogen and oxygen atoms in total. The van der Waals surface area contributed by atoms with Gasteiger partial charge in [-0.2, -0.15) is 31.1 Å². The molecule has 0 N–H and O–H groups in total. The minimum absolute atomic E-state index is 0.582. The molecule has 0 aromatic carbocycles. The van der Waals surface area contributed by atoms with Crippen LogP contribution < -0.4 is 0 Å². The fourth-order valence-corrected chi connectivity index (χ4v) is 3.65. The summed E-state index contributed by atoms with van der Waals surface area (Å²) in [5.74, 6) is 4.28. The summed E-state index contributed by atoms with van der Waals surface area (Å²) < 4.78 is 4.06. The molecule has 26 heavy (non-hydrogen) atoms. The average molecular weight is 444 g/mol. The zero-order chi connectivity index (χ0) is 20.5. The van der Waals surface area contributed by atoms with Gasteiger partial charge in [-0.1, -0.05) is 72.6 Å². The van der Waals surface area contributed by atoms with Gasteiger partial charge in [0.25, 0.3) is 0 Å². The minimum Gasteiger partial charge on any atom is -0.344 e. The Labute approximate surface area is 179 Å². The van der Waals surface area contributed by atoms with Crippen LogP contribution >= 0.6 is 0 Å². The number of rotatable bonds is 2. The summed E-state index contributed by atoms with van der Waals surface area (Å²) in [5, 5.41) is 0. The van der Waals surface area contributed by atoms with Crippen molar-refractivity contribution < 1.29 is 20.9 Å². The summed E-state index contributed by atoms with van der Waals surface area (Å²) in [6.45, 7) is 21.6. The van der Waals surface area contributed by atoms with Crippen molar-refractivity contribution in [1.29, 1.82) is 0 Å². The normalized spacial score (nSPS) is 31.6. The smallest absolute Gasteiger partial charge is 0.0582 e. The van der Waals surface area contributed by atoms with Gasteiger partial charge in [-0.15, -0.1) is 0 Å². The second-order valence-electron chi connectivity index (χ2n) is 8.29. The number of nitrogens with zero attached hydrogens (tertiary/aromatic N) is 1. The van der Waals surface area contributed by atoms with Gasteiger partial charge in [0.2, 0.25) is 0 Å². The van der Waals surface area contributed by atoms with E-state index in [4.69, 9.17) is 0 Å². The van der Waals surface area contributed by atoms with Gasteiger partial charge in [-0.25, -0.2) is 0 Å². The van der Waals surface area contributed by atoms with Gasteiger partial charge >= 0.3 is 50.5 Å². The Bertz CT molecular complexity index is 275. The van der Waals surface area contributed by atoms with Gasteiger partial charge in [-0.3, -0.25) is 0 Å². The second-order valence-corrected chi connectivity index (χ2v) is 8.86. The third-order valence-electron chi connectivity index (χ3n) is 6.03. The molecular formula is C24H48NNb-3. The molecule has 2 aliphatic rings. The first-order valence-electron chi connectivity index (χ1n) is 11.1. The van der Waals surface area contributed by atoms with Gasteiger partial charge in [0.05, 0.1) is 0 Å². The Morgan fingerprint density at radius 2 is 1.35 bits per heavy atom. The van der Waals surface area contributed by atoms with Crippen molar-refractivity contribution in [2.75, 3.05) is 0 Å².